The molecule has 2 atom stereocenters. The molecule has 0 radical (unpaired) electrons. The van der Waals surface area contributed by atoms with Crippen molar-refractivity contribution in [3.63, 3.8) is 0 Å². The van der Waals surface area contributed by atoms with Crippen LogP contribution in [0.5, 0.6) is 5.75 Å². The van der Waals surface area contributed by atoms with Gasteiger partial charge in [0.15, 0.2) is 0 Å². The van der Waals surface area contributed by atoms with Crippen LogP contribution in [0.3, 0.4) is 0 Å². The van der Waals surface area contributed by atoms with Gasteiger partial charge in [0.2, 0.25) is 6.33 Å². The van der Waals surface area contributed by atoms with Crippen molar-refractivity contribution in [2.75, 3.05) is 6.54 Å². The topological polar surface area (TPSA) is 168 Å². The van der Waals surface area contributed by atoms with Crippen LogP contribution in [0.15, 0.2) is 72.6 Å². The number of nitrogens with two attached hydrogens (primary N) is 1. The third-order valence-corrected chi connectivity index (χ3v) is 9.39. The van der Waals surface area contributed by atoms with Crippen molar-refractivity contribution in [3.8, 4) is 23.1 Å². The van der Waals surface area contributed by atoms with E-state index >= 15 is 4.39 Å². The second-order valence-electron chi connectivity index (χ2n) is 12.8. The number of esters is 1. The van der Waals surface area contributed by atoms with Crippen molar-refractivity contribution in [1.82, 2.24) is 14.8 Å². The van der Waals surface area contributed by atoms with Crippen molar-refractivity contribution in [3.05, 3.63) is 117 Å². The molecule has 0 saturated carbocycles. The maximum atomic E-state index is 15.3. The lowest BCUT2D eigenvalue weighted by atomic mass is 9.80. The molecule has 2 unspecified atom stereocenters. The van der Waals surface area contributed by atoms with Gasteiger partial charge in [-0.25, -0.2) is 23.1 Å². The van der Waals surface area contributed by atoms with E-state index in [-0.39, 0.29) is 41.5 Å². The van der Waals surface area contributed by atoms with Crippen LogP contribution in [-0.2, 0) is 34.7 Å². The van der Waals surface area contributed by atoms with Crippen molar-refractivity contribution >= 4 is 23.3 Å². The van der Waals surface area contributed by atoms with Crippen LogP contribution in [0, 0.1) is 42.7 Å². The highest BCUT2D eigenvalue weighted by atomic mass is 79.9. The molecule has 5 aromatic rings. The van der Waals surface area contributed by atoms with Gasteiger partial charge in [-0.3, -0.25) is 4.79 Å². The summed E-state index contributed by atoms with van der Waals surface area (Å²) in [5.41, 5.74) is 8.42. The number of hydrogen-bond acceptors (Lipinski definition) is 9. The summed E-state index contributed by atoms with van der Waals surface area (Å²) in [6.45, 7) is 6.32. The van der Waals surface area contributed by atoms with Crippen LogP contribution >= 0.6 is 11.3 Å². The van der Waals surface area contributed by atoms with Crippen LogP contribution in [0.1, 0.15) is 52.6 Å². The number of rotatable bonds is 13. The molecule has 0 aliphatic rings. The van der Waals surface area contributed by atoms with Gasteiger partial charge in [0.1, 0.15) is 29.5 Å². The van der Waals surface area contributed by atoms with Crippen molar-refractivity contribution in [1.29, 1.82) is 5.26 Å². The van der Waals surface area contributed by atoms with Gasteiger partial charge in [0.05, 0.1) is 28.9 Å². The number of halogens is 6. The largest absolute Gasteiger partial charge is 1.00 e. The number of aryl methyl sites for hydroxylation is 2. The number of nitriles is 1. The maximum absolute atomic E-state index is 15.3. The quantitative estimate of drug-likeness (QED) is 0.0698. The number of benzene rings is 3. The van der Waals surface area contributed by atoms with E-state index in [1.165, 1.54) is 22.1 Å². The van der Waals surface area contributed by atoms with Crippen LogP contribution in [0.4, 0.5) is 22.0 Å². The van der Waals surface area contributed by atoms with E-state index < -0.39 is 35.3 Å². The molecular formula is C38H38BrF5N6O5S. The molecule has 298 valence electrons. The van der Waals surface area contributed by atoms with E-state index in [0.29, 0.717) is 37.2 Å². The van der Waals surface area contributed by atoms with Gasteiger partial charge in [-0.05, 0) is 79.8 Å². The Morgan fingerprint density at radius 2 is 1.73 bits per heavy atom. The molecule has 0 amide bonds. The van der Waals surface area contributed by atoms with Crippen LogP contribution in [0.2, 0.25) is 0 Å². The van der Waals surface area contributed by atoms with Crippen molar-refractivity contribution in [2.45, 2.75) is 64.9 Å². The summed E-state index contributed by atoms with van der Waals surface area (Å²) < 4.78 is 69.9. The van der Waals surface area contributed by atoms with Crippen LogP contribution in [0.25, 0.3) is 11.3 Å². The lowest BCUT2D eigenvalue weighted by Gasteiger charge is -2.32. The molecule has 0 aliphatic heterocycles. The number of aromatic nitrogens is 4. The summed E-state index contributed by atoms with van der Waals surface area (Å²) in [6, 6.07) is 16.3. The molecule has 2 heterocycles. The summed E-state index contributed by atoms with van der Waals surface area (Å²) >= 11 is 1.42. The average molecular weight is 866 g/mol. The lowest BCUT2D eigenvalue weighted by Crippen LogP contribution is -3.00. The van der Waals surface area contributed by atoms with E-state index in [4.69, 9.17) is 30.6 Å². The van der Waals surface area contributed by atoms with E-state index in [9.17, 15) is 27.5 Å². The standard InChI is InChI=1S/C36H37F2N6O3S.C2HF3O2.BrH/c1-23-13-27(14-24(2)35(23)47-34(45)5-4-12-39)18-43-21-41-44(22-43)20-36(46,30-11-10-29(37)16-31(30)38)25(3)15-33-42-32(19-48-33)28-8-6-26(17-40)7-9-28;3-2(4,5)1(6)7;/h6-11,13-14,16,19,21-22,25,46H,4-5,12,15,18,20,39H2,1-3H3;(H,6,7);1H/q+1;;/p-1. The number of alkyl halides is 3. The fraction of sp³-hybridized carbons (Fsp3) is 0.316. The molecular weight excluding hydrogens is 827 g/mol. The SMILES string of the molecule is Cc1cc(C[n+]2cnn(CC(O)(c3ccc(F)cc3F)C(C)Cc3nc(-c4ccc(C#N)cc4)cs3)c2)cc(C)c1OC(=O)CCCN.O=C(O)C(F)(F)F.[Br-]. The first kappa shape index (κ1) is 45.3. The fourth-order valence-electron chi connectivity index (χ4n) is 5.72. The van der Waals surface area contributed by atoms with E-state index in [0.717, 1.165) is 45.1 Å². The number of carboxylic acids is 1. The first-order valence-corrected chi connectivity index (χ1v) is 17.7. The molecule has 0 saturated heterocycles. The minimum Gasteiger partial charge on any atom is -1.00 e. The fourth-order valence-corrected chi connectivity index (χ4v) is 6.65. The third kappa shape index (κ3) is 12.0. The second-order valence-corrected chi connectivity index (χ2v) is 13.8. The molecule has 4 N–H and O–H groups in total. The Balaban J connectivity index is 0.000000960. The van der Waals surface area contributed by atoms with E-state index in [1.807, 2.05) is 48.1 Å². The Labute approximate surface area is 333 Å². The van der Waals surface area contributed by atoms with Gasteiger partial charge in [0.25, 0.3) is 6.33 Å². The predicted molar refractivity (Wildman–Crippen MR) is 190 cm³/mol. The Morgan fingerprint density at radius 3 is 2.30 bits per heavy atom. The first-order chi connectivity index (χ1) is 25.9. The molecule has 18 heteroatoms. The maximum Gasteiger partial charge on any atom is 0.490 e. The molecule has 11 nitrogen and oxygen atoms in total. The first-order valence-electron chi connectivity index (χ1n) is 16.8. The molecule has 0 spiro atoms. The Morgan fingerprint density at radius 1 is 1.09 bits per heavy atom. The number of carboxylic acid groups (broad SMARTS) is 1. The Kier molecular flexibility index (Phi) is 15.9. The summed E-state index contributed by atoms with van der Waals surface area (Å²) in [4.78, 5) is 25.8. The van der Waals surface area contributed by atoms with Gasteiger partial charge in [-0.1, -0.05) is 25.1 Å². The predicted octanol–water partition coefficient (Wildman–Crippen LogP) is 3.16. The smallest absolute Gasteiger partial charge is 0.490 e. The second kappa shape index (κ2) is 19.7. The minimum absolute atomic E-state index is 0. The van der Waals surface area contributed by atoms with Crippen molar-refractivity contribution < 1.29 is 68.0 Å². The average Bonchev–Trinajstić information content (AvgIpc) is 3.77. The zero-order valence-corrected chi connectivity index (χ0v) is 32.8. The number of carbonyl (C=O) groups is 2. The lowest BCUT2D eigenvalue weighted by molar-refractivity contribution is -0.689. The van der Waals surface area contributed by atoms with Gasteiger partial charge in [-0.15, -0.1) is 16.0 Å². The Hall–Kier alpha value is -5.09. The van der Waals surface area contributed by atoms with Crippen LogP contribution < -0.4 is 32.0 Å². The number of ether oxygens (including phenoxy) is 1. The number of carbonyl (C=O) groups excluding carboxylic acids is 1. The minimum atomic E-state index is -5.08. The Bertz CT molecular complexity index is 2150. The number of aliphatic carboxylic acids is 1. The zero-order chi connectivity index (χ0) is 40.5. The zero-order valence-electron chi connectivity index (χ0n) is 30.4. The van der Waals surface area contributed by atoms with Gasteiger partial charge >= 0.3 is 18.1 Å². The highest BCUT2D eigenvalue weighted by Gasteiger charge is 2.41. The third-order valence-electron chi connectivity index (χ3n) is 8.52. The molecule has 2 aromatic heterocycles. The van der Waals surface area contributed by atoms with Gasteiger partial charge in [-0.2, -0.15) is 18.4 Å². The molecule has 0 aliphatic carbocycles. The monoisotopic (exact) mass is 864 g/mol. The normalized spacial score (nSPS) is 12.7. The van der Waals surface area contributed by atoms with Crippen LogP contribution in [-0.4, -0.2) is 49.6 Å². The van der Waals surface area contributed by atoms with E-state index in [2.05, 4.69) is 11.2 Å². The number of thiazole rings is 1. The van der Waals surface area contributed by atoms with Gasteiger partial charge < -0.3 is 37.7 Å². The van der Waals surface area contributed by atoms with Gasteiger partial charge in [0, 0.05) is 40.5 Å². The molecule has 3 aromatic carbocycles. The summed E-state index contributed by atoms with van der Waals surface area (Å²) in [5, 5.41) is 35.5. The summed E-state index contributed by atoms with van der Waals surface area (Å²) in [7, 11) is 0. The summed E-state index contributed by atoms with van der Waals surface area (Å²) in [5.74, 6) is -4.69. The molecule has 56 heavy (non-hydrogen) atoms. The molecule has 0 bridgehead atoms. The highest BCUT2D eigenvalue weighted by Crippen LogP contribution is 2.37. The number of nitrogens with zero attached hydrogens (tertiary/aromatic N) is 5. The highest BCUT2D eigenvalue weighted by molar-refractivity contribution is 7.09. The number of hydrogen-bond donors (Lipinski definition) is 3. The molecule has 0 fully saturated rings. The molecule has 5 rings (SSSR count). The van der Waals surface area contributed by atoms with E-state index in [1.54, 1.807) is 31.7 Å². The number of aliphatic hydroxyl groups is 1. The van der Waals surface area contributed by atoms with Crippen molar-refractivity contribution in [2.24, 2.45) is 11.7 Å². The summed E-state index contributed by atoms with van der Waals surface area (Å²) in [6.07, 6.45) is -0.623.